The number of halogens is 1. The average Bonchev–Trinajstić information content (AvgIpc) is 2.73. The van der Waals surface area contributed by atoms with Crippen molar-refractivity contribution >= 4 is 39.2 Å². The second-order valence-electron chi connectivity index (χ2n) is 6.58. The number of anilines is 1. The molecular weight excluding hydrogens is 448 g/mol. The van der Waals surface area contributed by atoms with Crippen molar-refractivity contribution in [3.8, 4) is 11.5 Å². The van der Waals surface area contributed by atoms with E-state index in [1.54, 1.807) is 18.2 Å². The van der Waals surface area contributed by atoms with Crippen LogP contribution in [0, 0.1) is 0 Å². The second-order valence-corrected chi connectivity index (χ2v) is 8.78. The minimum atomic E-state index is -3.78. The number of carbonyl (C=O) groups is 2. The van der Waals surface area contributed by atoms with E-state index in [1.165, 1.54) is 31.2 Å². The van der Waals surface area contributed by atoms with Gasteiger partial charge >= 0.3 is 5.97 Å². The number of fused-ring (bicyclic) bond motifs is 1. The maximum absolute atomic E-state index is 12.3. The van der Waals surface area contributed by atoms with Crippen LogP contribution >= 0.6 is 11.6 Å². The molecule has 0 fully saturated rings. The van der Waals surface area contributed by atoms with Gasteiger partial charge in [-0.1, -0.05) is 11.6 Å². The molecule has 0 spiro atoms. The normalized spacial score (nSPS) is 13.9. The molecule has 1 atom stereocenters. The molecule has 1 aliphatic rings. The lowest BCUT2D eigenvalue weighted by Crippen LogP contribution is -2.32. The van der Waals surface area contributed by atoms with Crippen LogP contribution in [0.5, 0.6) is 11.5 Å². The lowest BCUT2D eigenvalue weighted by atomic mass is 10.2. The largest absolute Gasteiger partial charge is 0.486 e. The minimum Gasteiger partial charge on any atom is -0.486 e. The second kappa shape index (κ2) is 9.99. The van der Waals surface area contributed by atoms with Crippen LogP contribution in [0.25, 0.3) is 0 Å². The fraction of sp³-hybridized carbons (Fsp3) is 0.300. The van der Waals surface area contributed by atoms with Crippen molar-refractivity contribution in [1.29, 1.82) is 0 Å². The summed E-state index contributed by atoms with van der Waals surface area (Å²) in [6.45, 7) is 2.12. The molecule has 2 aromatic carbocycles. The zero-order valence-electron chi connectivity index (χ0n) is 16.6. The third kappa shape index (κ3) is 6.33. The van der Waals surface area contributed by atoms with E-state index in [4.69, 9.17) is 25.8 Å². The maximum Gasteiger partial charge on any atom is 0.307 e. The molecule has 0 radical (unpaired) electrons. The number of carbonyl (C=O) groups excluding carboxylic acids is 2. The molecule has 2 N–H and O–H groups in total. The highest BCUT2D eigenvalue weighted by Crippen LogP contribution is 2.32. The van der Waals surface area contributed by atoms with Gasteiger partial charge in [0.2, 0.25) is 10.0 Å². The van der Waals surface area contributed by atoms with Gasteiger partial charge in [-0.05, 0) is 43.3 Å². The zero-order valence-corrected chi connectivity index (χ0v) is 18.2. The van der Waals surface area contributed by atoms with Gasteiger partial charge in [-0.15, -0.1) is 0 Å². The molecule has 1 aliphatic heterocycles. The summed E-state index contributed by atoms with van der Waals surface area (Å²) in [5, 5.41) is 3.04. The Hall–Kier alpha value is -2.82. The van der Waals surface area contributed by atoms with Gasteiger partial charge in [0.25, 0.3) is 5.91 Å². The summed E-state index contributed by atoms with van der Waals surface area (Å²) < 4.78 is 42.6. The van der Waals surface area contributed by atoms with Crippen molar-refractivity contribution in [3.05, 3.63) is 47.5 Å². The Labute approximate surface area is 184 Å². The summed E-state index contributed by atoms with van der Waals surface area (Å²) >= 11 is 5.74. The number of benzene rings is 2. The van der Waals surface area contributed by atoms with Crippen molar-refractivity contribution < 1.29 is 32.2 Å². The van der Waals surface area contributed by atoms with Gasteiger partial charge in [-0.25, -0.2) is 13.1 Å². The Kier molecular flexibility index (Phi) is 7.37. The summed E-state index contributed by atoms with van der Waals surface area (Å²) in [6, 6.07) is 10.5. The Morgan fingerprint density at radius 1 is 1.10 bits per heavy atom. The Bertz CT molecular complexity index is 1060. The van der Waals surface area contributed by atoms with Crippen LogP contribution in [0.2, 0.25) is 5.02 Å². The summed E-state index contributed by atoms with van der Waals surface area (Å²) in [5.41, 5.74) is 0.466. The summed E-state index contributed by atoms with van der Waals surface area (Å²) in [4.78, 5) is 24.3. The number of rotatable bonds is 8. The van der Waals surface area contributed by atoms with E-state index in [9.17, 15) is 18.0 Å². The summed E-state index contributed by atoms with van der Waals surface area (Å²) in [6.07, 6.45) is -1.32. The van der Waals surface area contributed by atoms with E-state index in [0.29, 0.717) is 35.4 Å². The molecule has 0 saturated carbocycles. The van der Waals surface area contributed by atoms with Gasteiger partial charge in [0.15, 0.2) is 17.6 Å². The summed E-state index contributed by atoms with van der Waals surface area (Å²) in [5.74, 6) is -0.151. The van der Waals surface area contributed by atoms with Crippen molar-refractivity contribution in [2.24, 2.45) is 0 Å². The number of esters is 1. The number of sulfonamides is 1. The number of ether oxygens (including phenoxy) is 3. The van der Waals surface area contributed by atoms with E-state index < -0.39 is 28.0 Å². The SMILES string of the molecule is CC(OC(=O)CCNS(=O)(=O)c1ccc(Cl)cc1)C(=O)Nc1ccc2c(c1)OCCO2. The minimum absolute atomic E-state index is 0.0254. The molecular formula is C20H21ClN2O7S. The van der Waals surface area contributed by atoms with Crippen LogP contribution in [0.3, 0.4) is 0 Å². The molecule has 0 aliphatic carbocycles. The first kappa shape index (κ1) is 22.9. The standard InChI is InChI=1S/C20H21ClN2O7S/c1-13(20(25)23-15-4-7-17-18(12-15)29-11-10-28-17)30-19(24)8-9-22-31(26,27)16-5-2-14(21)3-6-16/h2-7,12-13,22H,8-11H2,1H3,(H,23,25). The third-order valence-electron chi connectivity index (χ3n) is 4.23. The molecule has 9 nitrogen and oxygen atoms in total. The molecule has 3 rings (SSSR count). The Morgan fingerprint density at radius 2 is 1.77 bits per heavy atom. The van der Waals surface area contributed by atoms with Crippen molar-refractivity contribution in [2.45, 2.75) is 24.3 Å². The first-order chi connectivity index (χ1) is 14.7. The van der Waals surface area contributed by atoms with Crippen LogP contribution in [0.4, 0.5) is 5.69 Å². The lowest BCUT2D eigenvalue weighted by molar-refractivity contribution is -0.152. The molecule has 0 aromatic heterocycles. The first-order valence-corrected chi connectivity index (χ1v) is 11.3. The predicted octanol–water partition coefficient (Wildman–Crippen LogP) is 2.35. The molecule has 2 aromatic rings. The lowest BCUT2D eigenvalue weighted by Gasteiger charge is -2.19. The predicted molar refractivity (Wildman–Crippen MR) is 113 cm³/mol. The number of amides is 1. The first-order valence-electron chi connectivity index (χ1n) is 9.40. The molecule has 11 heteroatoms. The third-order valence-corrected chi connectivity index (χ3v) is 5.96. The van der Waals surface area contributed by atoms with E-state index in [-0.39, 0.29) is 17.9 Å². The fourth-order valence-corrected chi connectivity index (χ4v) is 3.82. The average molecular weight is 469 g/mol. The highest BCUT2D eigenvalue weighted by Gasteiger charge is 2.20. The molecule has 166 valence electrons. The highest BCUT2D eigenvalue weighted by molar-refractivity contribution is 7.89. The molecule has 1 unspecified atom stereocenters. The monoisotopic (exact) mass is 468 g/mol. The van der Waals surface area contributed by atoms with Crippen LogP contribution < -0.4 is 19.5 Å². The van der Waals surface area contributed by atoms with Crippen LogP contribution in [0.15, 0.2) is 47.4 Å². The van der Waals surface area contributed by atoms with Gasteiger partial charge in [0.1, 0.15) is 13.2 Å². The van der Waals surface area contributed by atoms with E-state index in [2.05, 4.69) is 10.0 Å². The van der Waals surface area contributed by atoms with Crippen molar-refractivity contribution in [2.75, 3.05) is 25.1 Å². The van der Waals surface area contributed by atoms with Gasteiger partial charge in [0.05, 0.1) is 11.3 Å². The van der Waals surface area contributed by atoms with Crippen LogP contribution in [-0.4, -0.2) is 46.2 Å². The molecule has 1 heterocycles. The topological polar surface area (TPSA) is 120 Å². The number of hydrogen-bond donors (Lipinski definition) is 2. The fourth-order valence-electron chi connectivity index (χ4n) is 2.66. The maximum atomic E-state index is 12.3. The van der Waals surface area contributed by atoms with E-state index in [1.807, 2.05) is 0 Å². The highest BCUT2D eigenvalue weighted by atomic mass is 35.5. The van der Waals surface area contributed by atoms with Gasteiger partial charge in [0, 0.05) is 23.3 Å². The van der Waals surface area contributed by atoms with Gasteiger partial charge in [-0.3, -0.25) is 9.59 Å². The van der Waals surface area contributed by atoms with Gasteiger partial charge < -0.3 is 19.5 Å². The number of nitrogens with one attached hydrogen (secondary N) is 2. The zero-order chi connectivity index (χ0) is 22.4. The Morgan fingerprint density at radius 3 is 2.48 bits per heavy atom. The molecule has 0 bridgehead atoms. The summed E-state index contributed by atoms with van der Waals surface area (Å²) in [7, 11) is -3.78. The van der Waals surface area contributed by atoms with E-state index >= 15 is 0 Å². The van der Waals surface area contributed by atoms with Crippen molar-refractivity contribution in [1.82, 2.24) is 4.72 Å². The van der Waals surface area contributed by atoms with Crippen LogP contribution in [-0.2, 0) is 24.3 Å². The Balaban J connectivity index is 1.45. The van der Waals surface area contributed by atoms with Gasteiger partial charge in [-0.2, -0.15) is 0 Å². The van der Waals surface area contributed by atoms with Crippen LogP contribution in [0.1, 0.15) is 13.3 Å². The molecule has 1 amide bonds. The number of hydrogen-bond acceptors (Lipinski definition) is 7. The molecule has 31 heavy (non-hydrogen) atoms. The quantitative estimate of drug-likeness (QED) is 0.570. The van der Waals surface area contributed by atoms with Crippen molar-refractivity contribution in [3.63, 3.8) is 0 Å². The smallest absolute Gasteiger partial charge is 0.307 e. The van der Waals surface area contributed by atoms with E-state index in [0.717, 1.165) is 0 Å². The molecule has 0 saturated heterocycles.